The molecule has 4 rings (SSSR count). The highest BCUT2D eigenvalue weighted by Crippen LogP contribution is 2.29. The molecule has 0 spiro atoms. The zero-order valence-electron chi connectivity index (χ0n) is 14.4. The number of likely N-dealkylation sites (tertiary alicyclic amines) is 1. The molecule has 1 fully saturated rings. The monoisotopic (exact) mass is 426 g/mol. The summed E-state index contributed by atoms with van der Waals surface area (Å²) >= 11 is 12.1. The number of hydrogen-bond donors (Lipinski definition) is 0. The number of rotatable bonds is 3. The number of benzene rings is 2. The van der Waals surface area contributed by atoms with Crippen LogP contribution >= 0.6 is 35.6 Å². The lowest BCUT2D eigenvalue weighted by Gasteiger charge is -2.12. The van der Waals surface area contributed by atoms with Gasteiger partial charge in [0.05, 0.1) is 5.56 Å². The van der Waals surface area contributed by atoms with E-state index in [9.17, 15) is 4.79 Å². The Kier molecular flexibility index (Phi) is 5.96. The molecule has 142 valence electrons. The Hall–Kier alpha value is -1.79. The normalized spacial score (nSPS) is 17.1. The van der Waals surface area contributed by atoms with Crippen molar-refractivity contribution in [2.24, 2.45) is 0 Å². The number of aromatic nitrogens is 1. The zero-order chi connectivity index (χ0) is 18.3. The maximum atomic E-state index is 12.4. The van der Waals surface area contributed by atoms with Gasteiger partial charge in [-0.15, -0.1) is 12.4 Å². The largest absolute Gasteiger partial charge is 0.457 e. The summed E-state index contributed by atoms with van der Waals surface area (Å²) in [6, 6.07) is 10.2. The average Bonchev–Trinajstić information content (AvgIpc) is 3.19. The standard InChI is InChI=1S/C19H16Cl2N2O3.ClH/c1-23-5-4-15(10-23)25-19(24)11-2-3-16-17(8-11)26-18(22-16)12-6-13(20)9-14(21)7-12;/h2-3,6-9,15H,4-5,10H2,1H3;1H/t15-;/m0./s1. The van der Waals surface area contributed by atoms with E-state index in [0.29, 0.717) is 38.2 Å². The molecule has 3 aromatic rings. The second-order valence-electron chi connectivity index (χ2n) is 6.44. The predicted molar refractivity (Wildman–Crippen MR) is 108 cm³/mol. The smallest absolute Gasteiger partial charge is 0.338 e. The minimum absolute atomic E-state index is 0. The van der Waals surface area contributed by atoms with E-state index in [0.717, 1.165) is 19.5 Å². The summed E-state index contributed by atoms with van der Waals surface area (Å²) < 4.78 is 11.4. The summed E-state index contributed by atoms with van der Waals surface area (Å²) in [5, 5.41) is 1.00. The van der Waals surface area contributed by atoms with E-state index in [4.69, 9.17) is 32.4 Å². The van der Waals surface area contributed by atoms with Crippen LogP contribution in [0.3, 0.4) is 0 Å². The van der Waals surface area contributed by atoms with E-state index in [-0.39, 0.29) is 24.5 Å². The number of fused-ring (bicyclic) bond motifs is 1. The summed E-state index contributed by atoms with van der Waals surface area (Å²) in [6.45, 7) is 1.70. The van der Waals surface area contributed by atoms with Crippen molar-refractivity contribution >= 4 is 52.7 Å². The zero-order valence-corrected chi connectivity index (χ0v) is 16.8. The van der Waals surface area contributed by atoms with Crippen molar-refractivity contribution in [1.82, 2.24) is 9.88 Å². The third-order valence-electron chi connectivity index (χ3n) is 4.36. The molecular formula is C19H17Cl3N2O3. The van der Waals surface area contributed by atoms with Crippen molar-refractivity contribution in [2.75, 3.05) is 20.1 Å². The van der Waals surface area contributed by atoms with Crippen LogP contribution in [0.2, 0.25) is 10.0 Å². The molecule has 0 amide bonds. The van der Waals surface area contributed by atoms with Gasteiger partial charge in [-0.1, -0.05) is 23.2 Å². The Bertz CT molecular complexity index is 969. The van der Waals surface area contributed by atoms with Crippen LogP contribution in [0.4, 0.5) is 0 Å². The first kappa shape index (κ1) is 20.0. The van der Waals surface area contributed by atoms with Crippen LogP contribution in [0.15, 0.2) is 40.8 Å². The highest BCUT2D eigenvalue weighted by molar-refractivity contribution is 6.35. The Morgan fingerprint density at radius 1 is 1.22 bits per heavy atom. The predicted octanol–water partition coefficient (Wildman–Crippen LogP) is 5.08. The molecule has 1 atom stereocenters. The van der Waals surface area contributed by atoms with Crippen LogP contribution in [0.1, 0.15) is 16.8 Å². The summed E-state index contributed by atoms with van der Waals surface area (Å²) in [5.41, 5.74) is 2.28. The molecule has 5 nitrogen and oxygen atoms in total. The Morgan fingerprint density at radius 3 is 2.63 bits per heavy atom. The molecule has 2 aromatic carbocycles. The first-order valence-electron chi connectivity index (χ1n) is 8.24. The van der Waals surface area contributed by atoms with E-state index in [1.807, 2.05) is 7.05 Å². The van der Waals surface area contributed by atoms with Gasteiger partial charge in [0.1, 0.15) is 11.6 Å². The number of nitrogens with zero attached hydrogens (tertiary/aromatic N) is 2. The molecule has 8 heteroatoms. The summed E-state index contributed by atoms with van der Waals surface area (Å²) in [7, 11) is 2.01. The van der Waals surface area contributed by atoms with Gasteiger partial charge in [0.15, 0.2) is 5.58 Å². The summed E-state index contributed by atoms with van der Waals surface area (Å²) in [5.74, 6) is 0.0447. The molecular weight excluding hydrogens is 411 g/mol. The molecule has 2 heterocycles. The van der Waals surface area contributed by atoms with E-state index in [2.05, 4.69) is 9.88 Å². The second-order valence-corrected chi connectivity index (χ2v) is 7.31. The molecule has 27 heavy (non-hydrogen) atoms. The highest BCUT2D eigenvalue weighted by atomic mass is 35.5. The first-order chi connectivity index (χ1) is 12.5. The van der Waals surface area contributed by atoms with Gasteiger partial charge in [-0.25, -0.2) is 9.78 Å². The number of carbonyl (C=O) groups is 1. The lowest BCUT2D eigenvalue weighted by molar-refractivity contribution is 0.0327. The topological polar surface area (TPSA) is 55.6 Å². The fraction of sp³-hybridized carbons (Fsp3) is 0.263. The maximum absolute atomic E-state index is 12.4. The molecule has 0 bridgehead atoms. The molecule has 1 aliphatic rings. The number of halogens is 3. The number of hydrogen-bond acceptors (Lipinski definition) is 5. The fourth-order valence-electron chi connectivity index (χ4n) is 3.06. The molecule has 0 radical (unpaired) electrons. The van der Waals surface area contributed by atoms with Crippen LogP contribution in [0.25, 0.3) is 22.6 Å². The number of esters is 1. The maximum Gasteiger partial charge on any atom is 0.338 e. The molecule has 1 aromatic heterocycles. The van der Waals surface area contributed by atoms with Crippen molar-refractivity contribution < 1.29 is 13.9 Å². The number of carbonyl (C=O) groups excluding carboxylic acids is 1. The highest BCUT2D eigenvalue weighted by Gasteiger charge is 2.24. The van der Waals surface area contributed by atoms with Gasteiger partial charge in [0.25, 0.3) is 0 Å². The molecule has 0 unspecified atom stereocenters. The van der Waals surface area contributed by atoms with Gasteiger partial charge in [-0.2, -0.15) is 0 Å². The van der Waals surface area contributed by atoms with E-state index in [1.165, 1.54) is 0 Å². The minimum Gasteiger partial charge on any atom is -0.457 e. The Morgan fingerprint density at radius 2 is 1.96 bits per heavy atom. The fourth-order valence-corrected chi connectivity index (χ4v) is 3.59. The van der Waals surface area contributed by atoms with E-state index < -0.39 is 0 Å². The van der Waals surface area contributed by atoms with Gasteiger partial charge in [-0.05, 0) is 49.9 Å². The van der Waals surface area contributed by atoms with Gasteiger partial charge in [0.2, 0.25) is 5.89 Å². The molecule has 1 aliphatic heterocycles. The third kappa shape index (κ3) is 4.38. The number of likely N-dealkylation sites (N-methyl/N-ethyl adjacent to an activating group) is 1. The Balaban J connectivity index is 0.00000210. The SMILES string of the molecule is CN1CC[C@H](OC(=O)c2ccc3nc(-c4cc(Cl)cc(Cl)c4)oc3c2)C1.Cl. The van der Waals surface area contributed by atoms with Crippen molar-refractivity contribution in [1.29, 1.82) is 0 Å². The van der Waals surface area contributed by atoms with Gasteiger partial charge in [-0.3, -0.25) is 0 Å². The number of ether oxygens (including phenoxy) is 1. The lowest BCUT2D eigenvalue weighted by atomic mass is 10.2. The first-order valence-corrected chi connectivity index (χ1v) is 9.00. The van der Waals surface area contributed by atoms with Crippen molar-refractivity contribution in [2.45, 2.75) is 12.5 Å². The van der Waals surface area contributed by atoms with Crippen molar-refractivity contribution in [3.05, 3.63) is 52.0 Å². The van der Waals surface area contributed by atoms with Crippen LogP contribution in [-0.4, -0.2) is 42.1 Å². The molecule has 0 aliphatic carbocycles. The number of oxazole rings is 1. The van der Waals surface area contributed by atoms with Crippen molar-refractivity contribution in [3.8, 4) is 11.5 Å². The van der Waals surface area contributed by atoms with Crippen molar-refractivity contribution in [3.63, 3.8) is 0 Å². The summed E-state index contributed by atoms with van der Waals surface area (Å²) in [6.07, 6.45) is 0.786. The molecule has 0 N–H and O–H groups in total. The average molecular weight is 428 g/mol. The molecule has 0 saturated carbocycles. The lowest BCUT2D eigenvalue weighted by Crippen LogP contribution is -2.22. The van der Waals surface area contributed by atoms with Gasteiger partial charge >= 0.3 is 5.97 Å². The minimum atomic E-state index is -0.351. The summed E-state index contributed by atoms with van der Waals surface area (Å²) in [4.78, 5) is 19.0. The van der Waals surface area contributed by atoms with Crippen LogP contribution in [0.5, 0.6) is 0 Å². The van der Waals surface area contributed by atoms with Crippen LogP contribution in [-0.2, 0) is 4.74 Å². The third-order valence-corrected chi connectivity index (χ3v) is 4.79. The quantitative estimate of drug-likeness (QED) is 0.545. The molecule has 1 saturated heterocycles. The van der Waals surface area contributed by atoms with E-state index >= 15 is 0 Å². The Labute approximate surface area is 172 Å². The van der Waals surface area contributed by atoms with E-state index in [1.54, 1.807) is 36.4 Å². The van der Waals surface area contributed by atoms with Crippen LogP contribution < -0.4 is 0 Å². The second kappa shape index (κ2) is 8.07. The van der Waals surface area contributed by atoms with Gasteiger partial charge in [0, 0.05) is 28.7 Å². The van der Waals surface area contributed by atoms with Gasteiger partial charge < -0.3 is 14.1 Å². The van der Waals surface area contributed by atoms with Crippen LogP contribution in [0, 0.1) is 0 Å².